The molecule has 0 radical (unpaired) electrons. The number of aliphatic hydroxyl groups is 1. The van der Waals surface area contributed by atoms with Gasteiger partial charge in [0.25, 0.3) is 0 Å². The molecule has 0 aliphatic carbocycles. The maximum Gasteiger partial charge on any atom is 0.169 e. The van der Waals surface area contributed by atoms with Gasteiger partial charge in [-0.15, -0.1) is 0 Å². The zero-order valence-corrected chi connectivity index (χ0v) is 10.2. The lowest BCUT2D eigenvalue weighted by atomic mass is 10.1. The Kier molecular flexibility index (Phi) is 3.59. The highest BCUT2D eigenvalue weighted by atomic mass is 79.9. The number of hydrogen-bond donors (Lipinski definition) is 1. The topological polar surface area (TPSA) is 33.4 Å². The van der Waals surface area contributed by atoms with Crippen molar-refractivity contribution in [1.82, 2.24) is 0 Å². The summed E-state index contributed by atoms with van der Waals surface area (Å²) < 4.78 is 31.3. The van der Waals surface area contributed by atoms with Crippen LogP contribution in [-0.4, -0.2) is 5.11 Å². The van der Waals surface area contributed by atoms with Crippen LogP contribution in [0.5, 0.6) is 0 Å². The Morgan fingerprint density at radius 2 is 1.94 bits per heavy atom. The van der Waals surface area contributed by atoms with Gasteiger partial charge in [-0.25, -0.2) is 8.78 Å². The zero-order chi connectivity index (χ0) is 12.4. The van der Waals surface area contributed by atoms with Crippen LogP contribution >= 0.6 is 15.9 Å². The highest BCUT2D eigenvalue weighted by Crippen LogP contribution is 2.23. The van der Waals surface area contributed by atoms with Crippen molar-refractivity contribution in [3.63, 3.8) is 0 Å². The summed E-state index contributed by atoms with van der Waals surface area (Å²) in [6.45, 7) is 0. The molecule has 1 heterocycles. The van der Waals surface area contributed by atoms with Crippen LogP contribution in [0.4, 0.5) is 8.78 Å². The predicted molar refractivity (Wildman–Crippen MR) is 61.4 cm³/mol. The van der Waals surface area contributed by atoms with E-state index in [4.69, 9.17) is 4.42 Å². The minimum Gasteiger partial charge on any atom is -0.452 e. The summed E-state index contributed by atoms with van der Waals surface area (Å²) in [6, 6.07) is 6.81. The molecule has 1 atom stereocenters. The molecule has 0 aliphatic heterocycles. The lowest BCUT2D eigenvalue weighted by Gasteiger charge is -2.07. The van der Waals surface area contributed by atoms with Crippen molar-refractivity contribution in [1.29, 1.82) is 0 Å². The second-order valence-electron chi connectivity index (χ2n) is 3.61. The van der Waals surface area contributed by atoms with E-state index in [1.807, 2.05) is 0 Å². The van der Waals surface area contributed by atoms with Crippen LogP contribution in [0.2, 0.25) is 0 Å². The maximum atomic E-state index is 12.9. The molecule has 1 unspecified atom stereocenters. The average molecular weight is 303 g/mol. The van der Waals surface area contributed by atoms with Gasteiger partial charge in [-0.05, 0) is 45.8 Å². The van der Waals surface area contributed by atoms with Crippen molar-refractivity contribution in [3.8, 4) is 0 Å². The van der Waals surface area contributed by atoms with Gasteiger partial charge in [0, 0.05) is 6.42 Å². The molecule has 0 saturated heterocycles. The molecule has 0 spiro atoms. The van der Waals surface area contributed by atoms with E-state index in [0.717, 1.165) is 12.1 Å². The fourth-order valence-corrected chi connectivity index (χ4v) is 1.82. The van der Waals surface area contributed by atoms with Crippen molar-refractivity contribution in [2.45, 2.75) is 12.5 Å². The van der Waals surface area contributed by atoms with Gasteiger partial charge >= 0.3 is 0 Å². The summed E-state index contributed by atoms with van der Waals surface area (Å²) in [5, 5.41) is 9.82. The first kappa shape index (κ1) is 12.3. The molecule has 0 bridgehead atoms. The Bertz CT molecular complexity index is 525. The number of benzene rings is 1. The normalized spacial score (nSPS) is 12.7. The SMILES string of the molecule is OC(Cc1ccc(F)c(F)c1)c1ccc(Br)o1. The third kappa shape index (κ3) is 2.92. The van der Waals surface area contributed by atoms with Crippen LogP contribution in [0.3, 0.4) is 0 Å². The number of hydrogen-bond acceptors (Lipinski definition) is 2. The summed E-state index contributed by atoms with van der Waals surface area (Å²) in [7, 11) is 0. The Morgan fingerprint density at radius 3 is 2.53 bits per heavy atom. The Labute approximate surface area is 105 Å². The largest absolute Gasteiger partial charge is 0.452 e. The molecule has 0 saturated carbocycles. The lowest BCUT2D eigenvalue weighted by molar-refractivity contribution is 0.148. The van der Waals surface area contributed by atoms with Crippen molar-refractivity contribution < 1.29 is 18.3 Å². The fourth-order valence-electron chi connectivity index (χ4n) is 1.50. The summed E-state index contributed by atoms with van der Waals surface area (Å²) in [6.07, 6.45) is -0.719. The monoisotopic (exact) mass is 302 g/mol. The van der Waals surface area contributed by atoms with Crippen LogP contribution in [-0.2, 0) is 6.42 Å². The van der Waals surface area contributed by atoms with Gasteiger partial charge in [0.05, 0.1) is 0 Å². The van der Waals surface area contributed by atoms with Crippen molar-refractivity contribution in [2.75, 3.05) is 0 Å². The minimum atomic E-state index is -0.921. The summed E-state index contributed by atoms with van der Waals surface area (Å²) in [5.41, 5.74) is 0.504. The standard InChI is InChI=1S/C12H9BrF2O2/c13-12-4-3-11(17-12)10(16)6-7-1-2-8(14)9(15)5-7/h1-5,10,16H,6H2. The molecule has 5 heteroatoms. The van der Waals surface area contributed by atoms with Gasteiger partial charge in [0.15, 0.2) is 16.3 Å². The molecule has 0 amide bonds. The van der Waals surface area contributed by atoms with Crippen LogP contribution < -0.4 is 0 Å². The van der Waals surface area contributed by atoms with Crippen molar-refractivity contribution >= 4 is 15.9 Å². The Hall–Kier alpha value is -1.20. The number of aliphatic hydroxyl groups excluding tert-OH is 1. The maximum absolute atomic E-state index is 12.9. The smallest absolute Gasteiger partial charge is 0.169 e. The summed E-state index contributed by atoms with van der Waals surface area (Å²) >= 11 is 3.12. The fraction of sp³-hybridized carbons (Fsp3) is 0.167. The quantitative estimate of drug-likeness (QED) is 0.940. The second kappa shape index (κ2) is 4.98. The van der Waals surface area contributed by atoms with Crippen LogP contribution in [0.1, 0.15) is 17.4 Å². The predicted octanol–water partition coefficient (Wildman–Crippen LogP) is 3.60. The number of furan rings is 1. The molecular weight excluding hydrogens is 294 g/mol. The van der Waals surface area contributed by atoms with Gasteiger partial charge < -0.3 is 9.52 Å². The number of halogens is 3. The van der Waals surface area contributed by atoms with Crippen molar-refractivity contribution in [2.24, 2.45) is 0 Å². The van der Waals surface area contributed by atoms with Gasteiger partial charge in [0.1, 0.15) is 11.9 Å². The summed E-state index contributed by atoms with van der Waals surface area (Å²) in [4.78, 5) is 0. The highest BCUT2D eigenvalue weighted by molar-refractivity contribution is 9.10. The van der Waals surface area contributed by atoms with Crippen molar-refractivity contribution in [3.05, 3.63) is 58.0 Å². The van der Waals surface area contributed by atoms with E-state index < -0.39 is 17.7 Å². The highest BCUT2D eigenvalue weighted by Gasteiger charge is 2.13. The first-order chi connectivity index (χ1) is 8.06. The van der Waals surface area contributed by atoms with Gasteiger partial charge in [-0.1, -0.05) is 6.07 Å². The third-order valence-electron chi connectivity index (χ3n) is 2.34. The molecule has 1 aromatic heterocycles. The molecule has 1 N–H and O–H groups in total. The van der Waals surface area contributed by atoms with E-state index in [9.17, 15) is 13.9 Å². The van der Waals surface area contributed by atoms with Crippen LogP contribution in [0.25, 0.3) is 0 Å². The minimum absolute atomic E-state index is 0.164. The van der Waals surface area contributed by atoms with E-state index in [1.165, 1.54) is 6.07 Å². The molecule has 90 valence electrons. The summed E-state index contributed by atoms with van der Waals surface area (Å²) in [5.74, 6) is -1.44. The average Bonchev–Trinajstić information content (AvgIpc) is 2.70. The lowest BCUT2D eigenvalue weighted by Crippen LogP contribution is -2.01. The third-order valence-corrected chi connectivity index (χ3v) is 2.76. The first-order valence-corrected chi connectivity index (χ1v) is 5.73. The molecule has 17 heavy (non-hydrogen) atoms. The zero-order valence-electron chi connectivity index (χ0n) is 8.66. The molecule has 1 aromatic carbocycles. The molecule has 0 fully saturated rings. The van der Waals surface area contributed by atoms with E-state index in [2.05, 4.69) is 15.9 Å². The van der Waals surface area contributed by atoms with Crippen LogP contribution in [0.15, 0.2) is 39.4 Å². The molecule has 2 nitrogen and oxygen atoms in total. The number of rotatable bonds is 3. The van der Waals surface area contributed by atoms with Crippen LogP contribution in [0, 0.1) is 11.6 Å². The Morgan fingerprint density at radius 1 is 1.18 bits per heavy atom. The van der Waals surface area contributed by atoms with E-state index in [-0.39, 0.29) is 6.42 Å². The van der Waals surface area contributed by atoms with E-state index in [0.29, 0.717) is 16.0 Å². The van der Waals surface area contributed by atoms with Gasteiger partial charge in [-0.2, -0.15) is 0 Å². The molecule has 2 aromatic rings. The molecule has 0 aliphatic rings. The first-order valence-electron chi connectivity index (χ1n) is 4.93. The molecular formula is C12H9BrF2O2. The second-order valence-corrected chi connectivity index (χ2v) is 4.39. The Balaban J connectivity index is 2.12. The van der Waals surface area contributed by atoms with E-state index in [1.54, 1.807) is 12.1 Å². The van der Waals surface area contributed by atoms with Gasteiger partial charge in [0.2, 0.25) is 0 Å². The molecule has 2 rings (SSSR count). The van der Waals surface area contributed by atoms with Gasteiger partial charge in [-0.3, -0.25) is 0 Å². The van der Waals surface area contributed by atoms with E-state index >= 15 is 0 Å².